The van der Waals surface area contributed by atoms with Crippen LogP contribution in [0, 0.1) is 0 Å². The van der Waals surface area contributed by atoms with E-state index in [2.05, 4.69) is 34.2 Å². The van der Waals surface area contributed by atoms with Gasteiger partial charge in [0.1, 0.15) is 0 Å². The lowest BCUT2D eigenvalue weighted by atomic mass is 10.0. The molecule has 2 saturated carbocycles. The summed E-state index contributed by atoms with van der Waals surface area (Å²) in [5, 5.41) is 0. The molecule has 3 heteroatoms. The van der Waals surface area contributed by atoms with Gasteiger partial charge < -0.3 is 10.6 Å². The second-order valence-electron chi connectivity index (χ2n) is 6.50. The molecule has 0 radical (unpaired) electrons. The third-order valence-electron chi connectivity index (χ3n) is 5.11. The molecule has 1 aromatic carbocycles. The van der Waals surface area contributed by atoms with Crippen LogP contribution < -0.4 is 5.73 Å². The third kappa shape index (κ3) is 2.09. The summed E-state index contributed by atoms with van der Waals surface area (Å²) < 4.78 is 0. The first-order chi connectivity index (χ1) is 9.83. The fraction of sp³-hybridized carbons (Fsp3) is 0.588. The van der Waals surface area contributed by atoms with Gasteiger partial charge in [0.05, 0.1) is 12.6 Å². The number of hydrogen-bond donors (Lipinski definition) is 1. The van der Waals surface area contributed by atoms with E-state index < -0.39 is 0 Å². The molecule has 0 aromatic heterocycles. The minimum absolute atomic E-state index is 0.367. The normalized spacial score (nSPS) is 27.1. The zero-order valence-electron chi connectivity index (χ0n) is 12.0. The fourth-order valence-electron chi connectivity index (χ4n) is 3.81. The van der Waals surface area contributed by atoms with Crippen LogP contribution in [0.5, 0.6) is 0 Å². The smallest absolute Gasteiger partial charge is 0.192 e. The first-order valence-electron chi connectivity index (χ1n) is 8.01. The van der Waals surface area contributed by atoms with Gasteiger partial charge in [0, 0.05) is 6.04 Å². The van der Waals surface area contributed by atoms with Crippen molar-refractivity contribution in [3.63, 3.8) is 0 Å². The summed E-state index contributed by atoms with van der Waals surface area (Å²) in [6.07, 6.45) is 7.95. The molecule has 2 N–H and O–H groups in total. The van der Waals surface area contributed by atoms with E-state index in [1.807, 2.05) is 0 Å². The van der Waals surface area contributed by atoms with E-state index in [0.29, 0.717) is 12.1 Å². The standard InChI is InChI=1S/C17H23N3/c18-17-19-11-16(20(17)15-3-1-2-4-15)14-9-7-13(8-10-14)12-5-6-12/h7-10,12,15-16H,1-6,11H2,(H2,18,19). The Kier molecular flexibility index (Phi) is 2.94. The summed E-state index contributed by atoms with van der Waals surface area (Å²) >= 11 is 0. The van der Waals surface area contributed by atoms with Crippen molar-refractivity contribution in [2.45, 2.75) is 56.5 Å². The van der Waals surface area contributed by atoms with E-state index in [4.69, 9.17) is 5.73 Å². The van der Waals surface area contributed by atoms with Crippen LogP contribution in [0.25, 0.3) is 0 Å². The second-order valence-corrected chi connectivity index (χ2v) is 6.50. The Bertz CT molecular complexity index is 510. The van der Waals surface area contributed by atoms with Crippen LogP contribution in [-0.2, 0) is 0 Å². The van der Waals surface area contributed by atoms with Gasteiger partial charge >= 0.3 is 0 Å². The maximum atomic E-state index is 6.15. The van der Waals surface area contributed by atoms with Crippen molar-refractivity contribution < 1.29 is 0 Å². The molecule has 1 atom stereocenters. The molecular formula is C17H23N3. The highest BCUT2D eigenvalue weighted by molar-refractivity contribution is 5.80. The minimum atomic E-state index is 0.367. The highest BCUT2D eigenvalue weighted by Gasteiger charge is 2.34. The van der Waals surface area contributed by atoms with Crippen LogP contribution in [0.4, 0.5) is 0 Å². The van der Waals surface area contributed by atoms with Gasteiger partial charge in [0.2, 0.25) is 0 Å². The number of nitrogens with zero attached hydrogens (tertiary/aromatic N) is 2. The van der Waals surface area contributed by atoms with Gasteiger partial charge in [-0.2, -0.15) is 0 Å². The number of hydrogen-bond acceptors (Lipinski definition) is 3. The molecular weight excluding hydrogens is 246 g/mol. The van der Waals surface area contributed by atoms with E-state index >= 15 is 0 Å². The van der Waals surface area contributed by atoms with Gasteiger partial charge in [0.15, 0.2) is 5.96 Å². The van der Waals surface area contributed by atoms with Crippen molar-refractivity contribution in [1.29, 1.82) is 0 Å². The van der Waals surface area contributed by atoms with Crippen LogP contribution in [0.15, 0.2) is 29.3 Å². The molecule has 106 valence electrons. The fourth-order valence-corrected chi connectivity index (χ4v) is 3.81. The zero-order chi connectivity index (χ0) is 13.5. The number of benzene rings is 1. The Morgan fingerprint density at radius 2 is 1.60 bits per heavy atom. The molecule has 3 aliphatic rings. The van der Waals surface area contributed by atoms with Crippen LogP contribution in [0.3, 0.4) is 0 Å². The highest BCUT2D eigenvalue weighted by Crippen LogP contribution is 2.41. The molecule has 2 fully saturated rings. The Morgan fingerprint density at radius 3 is 2.25 bits per heavy atom. The summed E-state index contributed by atoms with van der Waals surface area (Å²) in [4.78, 5) is 6.90. The molecule has 0 saturated heterocycles. The van der Waals surface area contributed by atoms with Crippen molar-refractivity contribution in [2.75, 3.05) is 6.54 Å². The molecule has 4 rings (SSSR count). The summed E-state index contributed by atoms with van der Waals surface area (Å²) in [7, 11) is 0. The monoisotopic (exact) mass is 269 g/mol. The van der Waals surface area contributed by atoms with Crippen molar-refractivity contribution in [3.8, 4) is 0 Å². The molecule has 3 nitrogen and oxygen atoms in total. The van der Waals surface area contributed by atoms with E-state index in [9.17, 15) is 0 Å². The molecule has 0 spiro atoms. The Morgan fingerprint density at radius 1 is 0.950 bits per heavy atom. The molecule has 1 heterocycles. The van der Waals surface area contributed by atoms with Crippen molar-refractivity contribution in [3.05, 3.63) is 35.4 Å². The van der Waals surface area contributed by atoms with Crippen molar-refractivity contribution in [1.82, 2.24) is 4.90 Å². The summed E-state index contributed by atoms with van der Waals surface area (Å²) in [6, 6.07) is 10.2. The highest BCUT2D eigenvalue weighted by atomic mass is 15.3. The zero-order valence-corrected chi connectivity index (χ0v) is 12.0. The maximum Gasteiger partial charge on any atom is 0.192 e. The van der Waals surface area contributed by atoms with Crippen molar-refractivity contribution in [2.24, 2.45) is 10.7 Å². The SMILES string of the molecule is NC1=NCC(c2ccc(C3CC3)cc2)N1C1CCCC1. The van der Waals surface area contributed by atoms with Crippen LogP contribution in [0.1, 0.15) is 61.6 Å². The van der Waals surface area contributed by atoms with Crippen LogP contribution >= 0.6 is 0 Å². The number of guanidine groups is 1. The summed E-state index contributed by atoms with van der Waals surface area (Å²) in [5.74, 6) is 1.59. The van der Waals surface area contributed by atoms with E-state index in [-0.39, 0.29) is 0 Å². The quantitative estimate of drug-likeness (QED) is 0.915. The average molecular weight is 269 g/mol. The minimum Gasteiger partial charge on any atom is -0.370 e. The predicted octanol–water partition coefficient (Wildman–Crippen LogP) is 3.18. The maximum absolute atomic E-state index is 6.15. The van der Waals surface area contributed by atoms with E-state index in [1.54, 1.807) is 0 Å². The van der Waals surface area contributed by atoms with Crippen molar-refractivity contribution >= 4 is 5.96 Å². The Balaban J connectivity index is 1.56. The predicted molar refractivity (Wildman–Crippen MR) is 81.7 cm³/mol. The topological polar surface area (TPSA) is 41.6 Å². The Hall–Kier alpha value is -1.51. The van der Waals surface area contributed by atoms with Crippen LogP contribution in [-0.4, -0.2) is 23.4 Å². The number of aliphatic imine (C=N–C) groups is 1. The van der Waals surface area contributed by atoms with Gasteiger partial charge in [-0.3, -0.25) is 4.99 Å². The van der Waals surface area contributed by atoms with E-state index in [1.165, 1.54) is 49.7 Å². The van der Waals surface area contributed by atoms with Gasteiger partial charge in [-0.05, 0) is 42.7 Å². The molecule has 1 unspecified atom stereocenters. The summed E-state index contributed by atoms with van der Waals surface area (Å²) in [6.45, 7) is 0.825. The largest absolute Gasteiger partial charge is 0.370 e. The first-order valence-corrected chi connectivity index (χ1v) is 8.01. The molecule has 0 bridgehead atoms. The van der Waals surface area contributed by atoms with Gasteiger partial charge in [-0.25, -0.2) is 0 Å². The third-order valence-corrected chi connectivity index (χ3v) is 5.11. The molecule has 20 heavy (non-hydrogen) atoms. The number of nitrogens with two attached hydrogens (primary N) is 1. The van der Waals surface area contributed by atoms with Crippen LogP contribution in [0.2, 0.25) is 0 Å². The van der Waals surface area contributed by atoms with Gasteiger partial charge in [-0.1, -0.05) is 37.1 Å². The molecule has 1 aliphatic heterocycles. The van der Waals surface area contributed by atoms with Gasteiger partial charge in [-0.15, -0.1) is 0 Å². The van der Waals surface area contributed by atoms with Gasteiger partial charge in [0.25, 0.3) is 0 Å². The second kappa shape index (κ2) is 4.80. The summed E-state index contributed by atoms with van der Waals surface area (Å²) in [5.41, 5.74) is 9.04. The average Bonchev–Trinajstić information content (AvgIpc) is 3.05. The number of rotatable bonds is 3. The lowest BCUT2D eigenvalue weighted by Crippen LogP contribution is -2.42. The Labute approximate surface area is 120 Å². The lowest BCUT2D eigenvalue weighted by Gasteiger charge is -2.32. The van der Waals surface area contributed by atoms with E-state index in [0.717, 1.165) is 18.4 Å². The molecule has 1 aromatic rings. The molecule has 2 aliphatic carbocycles. The lowest BCUT2D eigenvalue weighted by molar-refractivity contribution is 0.262. The first kappa shape index (κ1) is 12.2. The molecule has 0 amide bonds.